The molecule has 0 heterocycles. The molecule has 0 radical (unpaired) electrons. The van der Waals surface area contributed by atoms with Crippen LogP contribution in [0.2, 0.25) is 0 Å². The summed E-state index contributed by atoms with van der Waals surface area (Å²) < 4.78 is 73.6. The standard InChI is InChI=1S/C21H25F3N2O4S/c1-13-10-14(2)19(15(3)11-13)31(28,29)25-18(21(22,23)24)12-26(4)17-9-7-6-8-16(17)20(27)30-5/h6-11,18,25H,12H2,1-5H3. The van der Waals surface area contributed by atoms with Crippen LogP contribution < -0.4 is 9.62 Å². The van der Waals surface area contributed by atoms with E-state index in [-0.39, 0.29) is 16.1 Å². The maximum atomic E-state index is 13.8. The molecule has 0 saturated heterocycles. The molecular weight excluding hydrogens is 433 g/mol. The summed E-state index contributed by atoms with van der Waals surface area (Å²) in [7, 11) is -1.96. The highest BCUT2D eigenvalue weighted by Gasteiger charge is 2.43. The second-order valence-electron chi connectivity index (χ2n) is 7.33. The van der Waals surface area contributed by atoms with Gasteiger partial charge in [0.15, 0.2) is 0 Å². The molecule has 0 spiro atoms. The Labute approximate surface area is 180 Å². The van der Waals surface area contributed by atoms with E-state index in [2.05, 4.69) is 4.74 Å². The van der Waals surface area contributed by atoms with E-state index in [1.54, 1.807) is 35.9 Å². The van der Waals surface area contributed by atoms with Crippen LogP contribution in [-0.4, -0.2) is 47.3 Å². The van der Waals surface area contributed by atoms with Crippen LogP contribution in [0.3, 0.4) is 0 Å². The maximum Gasteiger partial charge on any atom is 0.406 e. The molecule has 0 bridgehead atoms. The number of hydrogen-bond donors (Lipinski definition) is 1. The molecule has 0 aliphatic rings. The molecule has 0 fully saturated rings. The third kappa shape index (κ3) is 5.76. The number of carbonyl (C=O) groups is 1. The normalized spacial score (nSPS) is 13.0. The predicted molar refractivity (Wildman–Crippen MR) is 112 cm³/mol. The van der Waals surface area contributed by atoms with Gasteiger partial charge in [-0.05, 0) is 44.0 Å². The van der Waals surface area contributed by atoms with Gasteiger partial charge in [0.2, 0.25) is 10.0 Å². The van der Waals surface area contributed by atoms with Gasteiger partial charge in [0.25, 0.3) is 0 Å². The van der Waals surface area contributed by atoms with Gasteiger partial charge in [-0.1, -0.05) is 29.8 Å². The summed E-state index contributed by atoms with van der Waals surface area (Å²) in [5.41, 5.74) is 1.78. The van der Waals surface area contributed by atoms with Crippen LogP contribution in [0.1, 0.15) is 27.0 Å². The maximum absolute atomic E-state index is 13.8. The molecule has 0 aromatic heterocycles. The zero-order valence-electron chi connectivity index (χ0n) is 17.9. The van der Waals surface area contributed by atoms with E-state index in [0.717, 1.165) is 12.7 Å². The van der Waals surface area contributed by atoms with Gasteiger partial charge in [-0.15, -0.1) is 0 Å². The number of likely N-dealkylation sites (N-methyl/N-ethyl adjacent to an activating group) is 1. The fraction of sp³-hybridized carbons (Fsp3) is 0.381. The molecule has 31 heavy (non-hydrogen) atoms. The molecule has 0 aliphatic heterocycles. The number of hydrogen-bond acceptors (Lipinski definition) is 5. The second kappa shape index (κ2) is 9.27. The fourth-order valence-corrected chi connectivity index (χ4v) is 5.17. The van der Waals surface area contributed by atoms with Crippen LogP contribution in [-0.2, 0) is 14.8 Å². The second-order valence-corrected chi connectivity index (χ2v) is 8.98. The lowest BCUT2D eigenvalue weighted by Crippen LogP contribution is -2.51. The Bertz CT molecular complexity index is 1050. The smallest absolute Gasteiger partial charge is 0.406 e. The molecule has 0 aliphatic carbocycles. The van der Waals surface area contributed by atoms with Crippen molar-refractivity contribution in [2.45, 2.75) is 37.9 Å². The quantitative estimate of drug-likeness (QED) is 0.640. The summed E-state index contributed by atoms with van der Waals surface area (Å²) in [6, 6.07) is 6.78. The number of nitrogens with one attached hydrogen (secondary N) is 1. The van der Waals surface area contributed by atoms with Crippen molar-refractivity contribution in [1.82, 2.24) is 4.72 Å². The van der Waals surface area contributed by atoms with Crippen molar-refractivity contribution >= 4 is 21.7 Å². The zero-order chi connectivity index (χ0) is 23.6. The number of rotatable bonds is 7. The van der Waals surface area contributed by atoms with Crippen molar-refractivity contribution in [1.29, 1.82) is 0 Å². The van der Waals surface area contributed by atoms with Crippen LogP contribution in [0.25, 0.3) is 0 Å². The number of benzene rings is 2. The average molecular weight is 459 g/mol. The van der Waals surface area contributed by atoms with Gasteiger partial charge >= 0.3 is 12.1 Å². The van der Waals surface area contributed by atoms with Crippen molar-refractivity contribution in [3.05, 3.63) is 58.7 Å². The lowest BCUT2D eigenvalue weighted by Gasteiger charge is -2.29. The van der Waals surface area contributed by atoms with E-state index in [1.165, 1.54) is 37.9 Å². The first-order valence-electron chi connectivity index (χ1n) is 9.33. The first kappa shape index (κ1) is 24.7. The summed E-state index contributed by atoms with van der Waals surface area (Å²) in [5.74, 6) is -0.711. The topological polar surface area (TPSA) is 75.7 Å². The molecular formula is C21H25F3N2O4S. The number of alkyl halides is 3. The number of anilines is 1. The van der Waals surface area contributed by atoms with E-state index in [0.29, 0.717) is 11.1 Å². The average Bonchev–Trinajstić information content (AvgIpc) is 2.64. The van der Waals surface area contributed by atoms with E-state index in [9.17, 15) is 26.4 Å². The largest absolute Gasteiger partial charge is 0.465 e. The van der Waals surface area contributed by atoms with Crippen molar-refractivity contribution < 1.29 is 31.1 Å². The number of methoxy groups -OCH3 is 1. The summed E-state index contributed by atoms with van der Waals surface area (Å²) in [4.78, 5) is 12.9. The van der Waals surface area contributed by atoms with Crippen LogP contribution in [0.5, 0.6) is 0 Å². The minimum Gasteiger partial charge on any atom is -0.465 e. The summed E-state index contributed by atoms with van der Waals surface area (Å²) in [5, 5.41) is 0. The van der Waals surface area contributed by atoms with E-state index in [1.807, 2.05) is 0 Å². The monoisotopic (exact) mass is 458 g/mol. The van der Waals surface area contributed by atoms with E-state index < -0.39 is 34.8 Å². The Kier molecular flexibility index (Phi) is 7.38. The molecule has 10 heteroatoms. The number of halogens is 3. The summed E-state index contributed by atoms with van der Waals surface area (Å²) in [6.45, 7) is 4.10. The molecule has 170 valence electrons. The Morgan fingerprint density at radius 2 is 1.68 bits per heavy atom. The molecule has 0 amide bonds. The molecule has 1 atom stereocenters. The Hall–Kier alpha value is -2.59. The van der Waals surface area contributed by atoms with Crippen molar-refractivity contribution in [3.63, 3.8) is 0 Å². The van der Waals surface area contributed by atoms with Gasteiger partial charge < -0.3 is 9.64 Å². The van der Waals surface area contributed by atoms with Crippen molar-refractivity contribution in [3.8, 4) is 0 Å². The highest BCUT2D eigenvalue weighted by atomic mass is 32.2. The highest BCUT2D eigenvalue weighted by molar-refractivity contribution is 7.89. The molecule has 0 saturated carbocycles. The number of sulfonamides is 1. The molecule has 1 unspecified atom stereocenters. The zero-order valence-corrected chi connectivity index (χ0v) is 18.7. The first-order chi connectivity index (χ1) is 14.3. The Morgan fingerprint density at radius 1 is 1.13 bits per heavy atom. The van der Waals surface area contributed by atoms with Gasteiger partial charge in [-0.3, -0.25) is 0 Å². The number of esters is 1. The molecule has 2 aromatic rings. The lowest BCUT2D eigenvalue weighted by atomic mass is 10.1. The number of nitrogens with zero attached hydrogens (tertiary/aromatic N) is 1. The highest BCUT2D eigenvalue weighted by Crippen LogP contribution is 2.28. The minimum absolute atomic E-state index is 0.0708. The summed E-state index contributed by atoms with van der Waals surface area (Å²) in [6.07, 6.45) is -4.87. The van der Waals surface area contributed by atoms with Crippen molar-refractivity contribution in [2.24, 2.45) is 0 Å². The van der Waals surface area contributed by atoms with Gasteiger partial charge in [0.05, 0.1) is 23.3 Å². The third-order valence-electron chi connectivity index (χ3n) is 4.74. The van der Waals surface area contributed by atoms with Crippen LogP contribution in [0.15, 0.2) is 41.3 Å². The first-order valence-corrected chi connectivity index (χ1v) is 10.8. The van der Waals surface area contributed by atoms with E-state index in [4.69, 9.17) is 0 Å². The van der Waals surface area contributed by atoms with Gasteiger partial charge in [-0.25, -0.2) is 13.2 Å². The predicted octanol–water partition coefficient (Wildman–Crippen LogP) is 3.74. The number of carbonyl (C=O) groups excluding carboxylic acids is 1. The number of ether oxygens (including phenoxy) is 1. The van der Waals surface area contributed by atoms with Gasteiger partial charge in [-0.2, -0.15) is 17.9 Å². The third-order valence-corrected chi connectivity index (χ3v) is 6.52. The van der Waals surface area contributed by atoms with Gasteiger partial charge in [0.1, 0.15) is 6.04 Å². The minimum atomic E-state index is -4.87. The molecule has 6 nitrogen and oxygen atoms in total. The summed E-state index contributed by atoms with van der Waals surface area (Å²) >= 11 is 0. The number of aryl methyl sites for hydroxylation is 3. The number of para-hydroxylation sites is 1. The molecule has 2 aromatic carbocycles. The Balaban J connectivity index is 2.40. The van der Waals surface area contributed by atoms with E-state index >= 15 is 0 Å². The lowest BCUT2D eigenvalue weighted by molar-refractivity contribution is -0.148. The Morgan fingerprint density at radius 3 is 2.19 bits per heavy atom. The molecule has 1 N–H and O–H groups in total. The van der Waals surface area contributed by atoms with Crippen LogP contribution in [0.4, 0.5) is 18.9 Å². The van der Waals surface area contributed by atoms with Crippen LogP contribution in [0, 0.1) is 20.8 Å². The van der Waals surface area contributed by atoms with Crippen LogP contribution >= 0.6 is 0 Å². The van der Waals surface area contributed by atoms with Gasteiger partial charge in [0, 0.05) is 13.6 Å². The fourth-order valence-electron chi connectivity index (χ4n) is 3.51. The SMILES string of the molecule is COC(=O)c1ccccc1N(C)CC(NS(=O)(=O)c1c(C)cc(C)cc1C)C(F)(F)F. The molecule has 2 rings (SSSR count). The van der Waals surface area contributed by atoms with Crippen molar-refractivity contribution in [2.75, 3.05) is 25.6 Å².